The molecular weight excluding hydrogens is 331 g/mol. The zero-order chi connectivity index (χ0) is 18.5. The molecule has 0 aliphatic heterocycles. The van der Waals surface area contributed by atoms with E-state index in [4.69, 9.17) is 10.4 Å². The van der Waals surface area contributed by atoms with E-state index >= 15 is 0 Å². The number of alkyl halides is 3. The Morgan fingerprint density at radius 1 is 1.38 bits per heavy atom. The van der Waals surface area contributed by atoms with Gasteiger partial charge in [-0.2, -0.15) is 5.26 Å². The highest BCUT2D eigenvalue weighted by Crippen LogP contribution is 2.28. The molecule has 7 nitrogen and oxygen atoms in total. The molecule has 2 amide bonds. The number of nitrogens with one attached hydrogen (secondary N) is 2. The van der Waals surface area contributed by atoms with Crippen LogP contribution in [0.2, 0.25) is 0 Å². The molecule has 1 rings (SSSR count). The van der Waals surface area contributed by atoms with Gasteiger partial charge < -0.3 is 20.5 Å². The standard InChI is InChI=1S/C14H14F3N3O4/c1-3-13(2,11(21)22)20-12(23)19-9-4-5-10(8(6-9)7-18)24-14(15,16)17/h4-6H,3H2,1-2H3,(H,21,22)(H2,19,20,23). The van der Waals surface area contributed by atoms with Crippen molar-refractivity contribution in [3.8, 4) is 11.8 Å². The zero-order valence-corrected chi connectivity index (χ0v) is 12.7. The summed E-state index contributed by atoms with van der Waals surface area (Å²) >= 11 is 0. The molecule has 1 aromatic rings. The molecule has 0 aromatic heterocycles. The van der Waals surface area contributed by atoms with Gasteiger partial charge in [-0.1, -0.05) is 6.92 Å². The first kappa shape index (κ1) is 19.1. The van der Waals surface area contributed by atoms with Gasteiger partial charge in [-0.05, 0) is 31.5 Å². The number of anilines is 1. The predicted molar refractivity (Wildman–Crippen MR) is 76.3 cm³/mol. The summed E-state index contributed by atoms with van der Waals surface area (Å²) in [6.45, 7) is 2.86. The second-order valence-corrected chi connectivity index (χ2v) is 4.94. The van der Waals surface area contributed by atoms with Crippen molar-refractivity contribution >= 4 is 17.7 Å². The van der Waals surface area contributed by atoms with Gasteiger partial charge in [-0.25, -0.2) is 9.59 Å². The number of carbonyl (C=O) groups is 2. The average Bonchev–Trinajstić information content (AvgIpc) is 2.46. The fourth-order valence-corrected chi connectivity index (χ4v) is 1.61. The van der Waals surface area contributed by atoms with E-state index in [9.17, 15) is 22.8 Å². The van der Waals surface area contributed by atoms with Crippen LogP contribution in [0.4, 0.5) is 23.7 Å². The highest BCUT2D eigenvalue weighted by molar-refractivity contribution is 5.94. The second-order valence-electron chi connectivity index (χ2n) is 4.94. The SMILES string of the molecule is CCC(C)(NC(=O)Nc1ccc(OC(F)(F)F)c(C#N)c1)C(=O)O. The number of nitriles is 1. The first-order valence-corrected chi connectivity index (χ1v) is 6.63. The van der Waals surface area contributed by atoms with Gasteiger partial charge in [-0.15, -0.1) is 13.2 Å². The third kappa shape index (κ3) is 5.05. The number of carboxylic acid groups (broad SMARTS) is 1. The van der Waals surface area contributed by atoms with Gasteiger partial charge in [0.15, 0.2) is 0 Å². The molecule has 0 radical (unpaired) electrons. The number of rotatable bonds is 5. The van der Waals surface area contributed by atoms with E-state index in [2.05, 4.69) is 15.4 Å². The summed E-state index contributed by atoms with van der Waals surface area (Å²) < 4.78 is 40.3. The summed E-state index contributed by atoms with van der Waals surface area (Å²) in [5.41, 5.74) is -1.95. The minimum Gasteiger partial charge on any atom is -0.480 e. The number of urea groups is 1. The van der Waals surface area contributed by atoms with Gasteiger partial charge in [0, 0.05) is 5.69 Å². The minimum absolute atomic E-state index is 0.00224. The van der Waals surface area contributed by atoms with Crippen LogP contribution in [0.25, 0.3) is 0 Å². The van der Waals surface area contributed by atoms with Crippen LogP contribution in [0, 0.1) is 11.3 Å². The van der Waals surface area contributed by atoms with E-state index in [1.165, 1.54) is 13.0 Å². The van der Waals surface area contributed by atoms with E-state index in [1.807, 2.05) is 0 Å². The van der Waals surface area contributed by atoms with E-state index in [1.54, 1.807) is 6.92 Å². The summed E-state index contributed by atoms with van der Waals surface area (Å²) in [4.78, 5) is 22.9. The number of hydrogen-bond donors (Lipinski definition) is 3. The van der Waals surface area contributed by atoms with Gasteiger partial charge in [0.2, 0.25) is 0 Å². The summed E-state index contributed by atoms with van der Waals surface area (Å²) in [5, 5.41) is 22.4. The zero-order valence-electron chi connectivity index (χ0n) is 12.7. The summed E-state index contributed by atoms with van der Waals surface area (Å²) in [6.07, 6.45) is -4.85. The summed E-state index contributed by atoms with van der Waals surface area (Å²) in [7, 11) is 0. The Hall–Kier alpha value is -2.96. The van der Waals surface area contributed by atoms with Gasteiger partial charge in [0.1, 0.15) is 17.4 Å². The number of ether oxygens (including phenoxy) is 1. The van der Waals surface area contributed by atoms with Crippen LogP contribution in [0.3, 0.4) is 0 Å². The lowest BCUT2D eigenvalue weighted by molar-refractivity contribution is -0.274. The largest absolute Gasteiger partial charge is 0.573 e. The molecule has 1 atom stereocenters. The third-order valence-electron chi connectivity index (χ3n) is 3.15. The molecule has 1 aromatic carbocycles. The van der Waals surface area contributed by atoms with Crippen LogP contribution >= 0.6 is 0 Å². The van der Waals surface area contributed by atoms with Crippen LogP contribution in [0.5, 0.6) is 5.75 Å². The van der Waals surface area contributed by atoms with E-state index < -0.39 is 35.2 Å². The van der Waals surface area contributed by atoms with Crippen molar-refractivity contribution in [1.82, 2.24) is 5.32 Å². The molecule has 3 N–H and O–H groups in total. The maximum Gasteiger partial charge on any atom is 0.573 e. The highest BCUT2D eigenvalue weighted by Gasteiger charge is 2.33. The Bertz CT molecular complexity index is 685. The molecule has 0 saturated heterocycles. The molecule has 1 unspecified atom stereocenters. The molecule has 24 heavy (non-hydrogen) atoms. The Kier molecular flexibility index (Phi) is 5.63. The number of aliphatic carboxylic acids is 1. The number of carboxylic acids is 1. The minimum atomic E-state index is -4.96. The summed E-state index contributed by atoms with van der Waals surface area (Å²) in [5.74, 6) is -1.95. The van der Waals surface area contributed by atoms with Crippen LogP contribution in [0.1, 0.15) is 25.8 Å². The van der Waals surface area contributed by atoms with Gasteiger partial charge >= 0.3 is 18.4 Å². The molecule has 10 heteroatoms. The van der Waals surface area contributed by atoms with Crippen molar-refractivity contribution in [1.29, 1.82) is 5.26 Å². The van der Waals surface area contributed by atoms with Crippen molar-refractivity contribution in [3.63, 3.8) is 0 Å². The van der Waals surface area contributed by atoms with Crippen molar-refractivity contribution in [2.75, 3.05) is 5.32 Å². The van der Waals surface area contributed by atoms with Crippen molar-refractivity contribution in [2.24, 2.45) is 0 Å². The lowest BCUT2D eigenvalue weighted by atomic mass is 10.00. The molecule has 130 valence electrons. The van der Waals surface area contributed by atoms with Gasteiger partial charge in [-0.3, -0.25) is 0 Å². The number of nitrogens with zero attached hydrogens (tertiary/aromatic N) is 1. The van der Waals surface area contributed by atoms with Crippen molar-refractivity contribution in [3.05, 3.63) is 23.8 Å². The Morgan fingerprint density at radius 3 is 2.46 bits per heavy atom. The quantitative estimate of drug-likeness (QED) is 0.760. The Morgan fingerprint density at radius 2 is 2.00 bits per heavy atom. The molecule has 0 fully saturated rings. The molecule has 0 heterocycles. The van der Waals surface area contributed by atoms with Crippen LogP contribution in [-0.4, -0.2) is 29.0 Å². The Balaban J connectivity index is 2.91. The monoisotopic (exact) mass is 345 g/mol. The normalized spacial score (nSPS) is 13.3. The van der Waals surface area contributed by atoms with Gasteiger partial charge in [0.05, 0.1) is 5.56 Å². The number of carbonyl (C=O) groups excluding carboxylic acids is 1. The Labute approximate surface area is 135 Å². The van der Waals surface area contributed by atoms with Crippen molar-refractivity contribution in [2.45, 2.75) is 32.2 Å². The number of halogens is 3. The molecule has 0 aliphatic rings. The molecule has 0 aliphatic carbocycles. The topological polar surface area (TPSA) is 111 Å². The fraction of sp³-hybridized carbons (Fsp3) is 0.357. The van der Waals surface area contributed by atoms with Crippen LogP contribution < -0.4 is 15.4 Å². The van der Waals surface area contributed by atoms with Crippen LogP contribution in [-0.2, 0) is 4.79 Å². The molecular formula is C14H14F3N3O4. The number of benzene rings is 1. The molecule has 0 spiro atoms. The lowest BCUT2D eigenvalue weighted by Crippen LogP contribution is -2.53. The van der Waals surface area contributed by atoms with E-state index in [0.29, 0.717) is 0 Å². The van der Waals surface area contributed by atoms with E-state index in [0.717, 1.165) is 18.2 Å². The predicted octanol–water partition coefficient (Wildman–Crippen LogP) is 2.83. The van der Waals surface area contributed by atoms with Crippen LogP contribution in [0.15, 0.2) is 18.2 Å². The molecule has 0 saturated carbocycles. The first-order valence-electron chi connectivity index (χ1n) is 6.63. The fourth-order valence-electron chi connectivity index (χ4n) is 1.61. The van der Waals surface area contributed by atoms with E-state index in [-0.39, 0.29) is 12.1 Å². The lowest BCUT2D eigenvalue weighted by Gasteiger charge is -2.24. The van der Waals surface area contributed by atoms with Gasteiger partial charge in [0.25, 0.3) is 0 Å². The maximum absolute atomic E-state index is 12.2. The van der Waals surface area contributed by atoms with Crippen molar-refractivity contribution < 1.29 is 32.6 Å². The second kappa shape index (κ2) is 7.08. The highest BCUT2D eigenvalue weighted by atomic mass is 19.4. The smallest absolute Gasteiger partial charge is 0.480 e. The maximum atomic E-state index is 12.2. The molecule has 0 bridgehead atoms. The number of hydrogen-bond acceptors (Lipinski definition) is 4. The summed E-state index contributed by atoms with van der Waals surface area (Å²) in [6, 6.07) is 3.58. The number of amides is 2. The average molecular weight is 345 g/mol. The third-order valence-corrected chi connectivity index (χ3v) is 3.15. The first-order chi connectivity index (χ1) is 11.0.